The first kappa shape index (κ1) is 20.3. The van der Waals surface area contributed by atoms with Gasteiger partial charge in [-0.15, -0.1) is 10.2 Å². The average Bonchev–Trinajstić information content (AvgIpc) is 3.53. The molecule has 0 bridgehead atoms. The highest BCUT2D eigenvalue weighted by atomic mass is 32.2. The number of hydrogen-bond donors (Lipinski definition) is 1. The first-order valence-electron chi connectivity index (χ1n) is 9.96. The van der Waals surface area contributed by atoms with Crippen LogP contribution in [0.25, 0.3) is 0 Å². The Morgan fingerprint density at radius 2 is 2.03 bits per heavy atom. The lowest BCUT2D eigenvalue weighted by Gasteiger charge is -2.17. The molecule has 1 amide bonds. The molecular formula is C21H25N5O3S. The minimum absolute atomic E-state index is 0.0684. The molecule has 1 saturated heterocycles. The zero-order valence-electron chi connectivity index (χ0n) is 16.9. The number of benzene rings is 1. The summed E-state index contributed by atoms with van der Waals surface area (Å²) in [4.78, 5) is 14.7. The lowest BCUT2D eigenvalue weighted by molar-refractivity contribution is -0.118. The molecule has 0 spiro atoms. The summed E-state index contributed by atoms with van der Waals surface area (Å²) in [5.74, 6) is 2.62. The maximum atomic E-state index is 12.4. The van der Waals surface area contributed by atoms with Crippen molar-refractivity contribution in [2.75, 3.05) is 30.9 Å². The van der Waals surface area contributed by atoms with Gasteiger partial charge in [0.05, 0.1) is 25.7 Å². The summed E-state index contributed by atoms with van der Waals surface area (Å²) in [6, 6.07) is 11.5. The molecule has 2 aromatic heterocycles. The van der Waals surface area contributed by atoms with Crippen LogP contribution in [0.1, 0.15) is 24.2 Å². The molecule has 158 valence electrons. The van der Waals surface area contributed by atoms with E-state index >= 15 is 0 Å². The van der Waals surface area contributed by atoms with Crippen molar-refractivity contribution in [2.45, 2.75) is 31.1 Å². The normalized spacial score (nSPS) is 13.6. The number of carbonyl (C=O) groups is 1. The molecule has 1 aliphatic heterocycles. The van der Waals surface area contributed by atoms with Gasteiger partial charge >= 0.3 is 0 Å². The molecule has 0 saturated carbocycles. The number of carbonyl (C=O) groups excluding carboxylic acids is 1. The third kappa shape index (κ3) is 4.79. The van der Waals surface area contributed by atoms with Gasteiger partial charge in [0.15, 0.2) is 5.16 Å². The Balaban J connectivity index is 1.40. The summed E-state index contributed by atoms with van der Waals surface area (Å²) in [6.07, 6.45) is 3.97. The predicted molar refractivity (Wildman–Crippen MR) is 115 cm³/mol. The molecule has 3 heterocycles. The second-order valence-electron chi connectivity index (χ2n) is 7.02. The van der Waals surface area contributed by atoms with E-state index in [0.29, 0.717) is 18.2 Å². The van der Waals surface area contributed by atoms with Crippen molar-refractivity contribution in [1.29, 1.82) is 0 Å². The van der Waals surface area contributed by atoms with Crippen molar-refractivity contribution < 1.29 is 13.9 Å². The number of para-hydroxylation sites is 1. The molecule has 1 fully saturated rings. The van der Waals surface area contributed by atoms with Crippen LogP contribution in [0.5, 0.6) is 5.75 Å². The van der Waals surface area contributed by atoms with Gasteiger partial charge < -0.3 is 19.4 Å². The van der Waals surface area contributed by atoms with Gasteiger partial charge in [-0.3, -0.25) is 9.36 Å². The highest BCUT2D eigenvalue weighted by molar-refractivity contribution is 7.99. The number of hydrogen-bond acceptors (Lipinski definition) is 7. The van der Waals surface area contributed by atoms with E-state index in [4.69, 9.17) is 9.15 Å². The summed E-state index contributed by atoms with van der Waals surface area (Å²) in [5, 5.41) is 12.4. The molecule has 0 aliphatic carbocycles. The van der Waals surface area contributed by atoms with Gasteiger partial charge in [-0.05, 0) is 31.0 Å². The fraction of sp³-hybridized carbons (Fsp3) is 0.381. The molecule has 1 aromatic carbocycles. The lowest BCUT2D eigenvalue weighted by Crippen LogP contribution is -2.25. The van der Waals surface area contributed by atoms with Crippen molar-refractivity contribution in [3.05, 3.63) is 54.0 Å². The third-order valence-electron chi connectivity index (χ3n) is 4.98. The molecule has 0 unspecified atom stereocenters. The molecule has 0 radical (unpaired) electrons. The van der Waals surface area contributed by atoms with Crippen LogP contribution >= 0.6 is 11.8 Å². The molecule has 0 atom stereocenters. The summed E-state index contributed by atoms with van der Waals surface area (Å²) >= 11 is 1.38. The van der Waals surface area contributed by atoms with Crippen molar-refractivity contribution >= 4 is 23.6 Å². The zero-order chi connectivity index (χ0) is 20.8. The van der Waals surface area contributed by atoms with Crippen LogP contribution in [0.4, 0.5) is 5.95 Å². The number of anilines is 1. The number of nitrogens with zero attached hydrogens (tertiary/aromatic N) is 4. The first-order chi connectivity index (χ1) is 14.7. The number of rotatable bonds is 9. The first-order valence-corrected chi connectivity index (χ1v) is 10.9. The van der Waals surface area contributed by atoms with Crippen molar-refractivity contribution in [3.8, 4) is 5.75 Å². The van der Waals surface area contributed by atoms with Crippen LogP contribution in [-0.4, -0.2) is 46.6 Å². The van der Waals surface area contributed by atoms with E-state index in [-0.39, 0.29) is 11.7 Å². The van der Waals surface area contributed by atoms with E-state index in [9.17, 15) is 4.79 Å². The third-order valence-corrected chi connectivity index (χ3v) is 5.95. The Kier molecular flexibility index (Phi) is 6.58. The average molecular weight is 428 g/mol. The van der Waals surface area contributed by atoms with Gasteiger partial charge in [-0.25, -0.2) is 0 Å². The Labute approximate surface area is 179 Å². The van der Waals surface area contributed by atoms with Gasteiger partial charge in [-0.1, -0.05) is 30.0 Å². The standard InChI is InChI=1S/C21H25N5O3S/c1-28-18-9-3-2-7-16(18)13-22-19(27)15-30-21-24-23-20(25-10-4-5-11-25)26(21)14-17-8-6-12-29-17/h2-3,6-9,12H,4-5,10-11,13-15H2,1H3,(H,22,27). The van der Waals surface area contributed by atoms with E-state index in [0.717, 1.165) is 49.0 Å². The Bertz CT molecular complexity index is 967. The van der Waals surface area contributed by atoms with Crippen LogP contribution < -0.4 is 15.0 Å². The van der Waals surface area contributed by atoms with Crippen LogP contribution in [0.2, 0.25) is 0 Å². The number of ether oxygens (including phenoxy) is 1. The molecule has 1 N–H and O–H groups in total. The molecule has 4 rings (SSSR count). The van der Waals surface area contributed by atoms with E-state index in [1.54, 1.807) is 13.4 Å². The van der Waals surface area contributed by atoms with E-state index in [1.807, 2.05) is 41.0 Å². The maximum absolute atomic E-state index is 12.4. The maximum Gasteiger partial charge on any atom is 0.230 e. The molecule has 9 heteroatoms. The quantitative estimate of drug-likeness (QED) is 0.526. The minimum Gasteiger partial charge on any atom is -0.496 e. The van der Waals surface area contributed by atoms with Crippen molar-refractivity contribution in [3.63, 3.8) is 0 Å². The summed E-state index contributed by atoms with van der Waals surface area (Å²) < 4.78 is 12.9. The van der Waals surface area contributed by atoms with E-state index in [2.05, 4.69) is 20.4 Å². The second kappa shape index (κ2) is 9.71. The predicted octanol–water partition coefficient (Wildman–Crippen LogP) is 2.94. The molecule has 30 heavy (non-hydrogen) atoms. The Morgan fingerprint density at radius 1 is 1.20 bits per heavy atom. The Hall–Kier alpha value is -2.94. The zero-order valence-corrected chi connectivity index (χ0v) is 17.7. The number of furan rings is 1. The minimum atomic E-state index is -0.0684. The summed E-state index contributed by atoms with van der Waals surface area (Å²) in [6.45, 7) is 2.90. The fourth-order valence-electron chi connectivity index (χ4n) is 3.46. The van der Waals surface area contributed by atoms with Gasteiger partial charge in [0.25, 0.3) is 0 Å². The fourth-order valence-corrected chi connectivity index (χ4v) is 4.22. The van der Waals surface area contributed by atoms with Crippen molar-refractivity contribution in [1.82, 2.24) is 20.1 Å². The number of nitrogens with one attached hydrogen (secondary N) is 1. The van der Waals surface area contributed by atoms with Crippen LogP contribution in [0.3, 0.4) is 0 Å². The van der Waals surface area contributed by atoms with Gasteiger partial charge in [0, 0.05) is 25.2 Å². The SMILES string of the molecule is COc1ccccc1CNC(=O)CSc1nnc(N2CCCC2)n1Cc1ccco1. The Morgan fingerprint density at radius 3 is 2.80 bits per heavy atom. The summed E-state index contributed by atoms with van der Waals surface area (Å²) in [5.41, 5.74) is 0.940. The second-order valence-corrected chi connectivity index (χ2v) is 7.96. The molecular weight excluding hydrogens is 402 g/mol. The van der Waals surface area contributed by atoms with E-state index in [1.165, 1.54) is 11.8 Å². The number of methoxy groups -OCH3 is 1. The van der Waals surface area contributed by atoms with Crippen LogP contribution in [0.15, 0.2) is 52.2 Å². The molecule has 3 aromatic rings. The lowest BCUT2D eigenvalue weighted by atomic mass is 10.2. The molecule has 1 aliphatic rings. The highest BCUT2D eigenvalue weighted by Crippen LogP contribution is 2.26. The van der Waals surface area contributed by atoms with Gasteiger partial charge in [-0.2, -0.15) is 0 Å². The largest absolute Gasteiger partial charge is 0.496 e. The number of thioether (sulfide) groups is 1. The smallest absolute Gasteiger partial charge is 0.230 e. The van der Waals surface area contributed by atoms with Crippen LogP contribution in [0, 0.1) is 0 Å². The van der Waals surface area contributed by atoms with Gasteiger partial charge in [0.2, 0.25) is 11.9 Å². The number of aromatic nitrogens is 3. The van der Waals surface area contributed by atoms with E-state index < -0.39 is 0 Å². The number of amides is 1. The summed E-state index contributed by atoms with van der Waals surface area (Å²) in [7, 11) is 1.63. The van der Waals surface area contributed by atoms with Gasteiger partial charge in [0.1, 0.15) is 11.5 Å². The topological polar surface area (TPSA) is 85.4 Å². The monoisotopic (exact) mass is 427 g/mol. The molecule has 8 nitrogen and oxygen atoms in total. The highest BCUT2D eigenvalue weighted by Gasteiger charge is 2.22. The van der Waals surface area contributed by atoms with Crippen LogP contribution in [-0.2, 0) is 17.9 Å². The van der Waals surface area contributed by atoms with Crippen molar-refractivity contribution in [2.24, 2.45) is 0 Å².